The molecular weight excluding hydrogens is 411 g/mol. The van der Waals surface area contributed by atoms with Gasteiger partial charge < -0.3 is 24.5 Å². The van der Waals surface area contributed by atoms with Crippen molar-refractivity contribution in [1.82, 2.24) is 10.2 Å². The fourth-order valence-corrected chi connectivity index (χ4v) is 4.76. The highest BCUT2D eigenvalue weighted by Crippen LogP contribution is 2.38. The number of amides is 1. The molecule has 3 aliphatic rings. The molecule has 0 bridgehead atoms. The Hall–Kier alpha value is -1.94. The molecule has 1 aromatic carbocycles. The van der Waals surface area contributed by atoms with Crippen LogP contribution in [0.4, 0.5) is 0 Å². The quantitative estimate of drug-likeness (QED) is 0.470. The first-order valence-corrected chi connectivity index (χ1v) is 11.5. The summed E-state index contributed by atoms with van der Waals surface area (Å²) in [5, 5.41) is 12.9. The minimum Gasteiger partial charge on any atom is -0.463 e. The lowest BCUT2D eigenvalue weighted by molar-refractivity contribution is -0.150. The van der Waals surface area contributed by atoms with Crippen molar-refractivity contribution in [3.05, 3.63) is 28.8 Å². The molecule has 4 rings (SSSR count). The largest absolute Gasteiger partial charge is 0.492 e. The highest BCUT2D eigenvalue weighted by molar-refractivity contribution is 6.62. The zero-order valence-electron chi connectivity index (χ0n) is 19.2. The Kier molecular flexibility index (Phi) is 6.90. The van der Waals surface area contributed by atoms with Crippen LogP contribution in [0.5, 0.6) is 0 Å². The molecule has 1 unspecified atom stereocenters. The normalized spacial score (nSPS) is 20.7. The molecule has 0 saturated carbocycles. The number of likely N-dealkylation sites (tertiary alicyclic amines) is 1. The molecule has 2 saturated heterocycles. The molecule has 1 amide bonds. The van der Waals surface area contributed by atoms with E-state index in [0.29, 0.717) is 41.8 Å². The monoisotopic (exact) mass is 444 g/mol. The van der Waals surface area contributed by atoms with E-state index in [0.717, 1.165) is 44.7 Å². The van der Waals surface area contributed by atoms with Crippen molar-refractivity contribution in [1.29, 1.82) is 0 Å². The van der Waals surface area contributed by atoms with Crippen molar-refractivity contribution in [2.24, 2.45) is 11.3 Å². The second-order valence-corrected chi connectivity index (χ2v) is 9.67. The lowest BCUT2D eigenvalue weighted by Gasteiger charge is -2.47. The van der Waals surface area contributed by atoms with Gasteiger partial charge in [0.2, 0.25) is 0 Å². The maximum absolute atomic E-state index is 12.9. The average Bonchev–Trinajstić information content (AvgIpc) is 3.12. The van der Waals surface area contributed by atoms with E-state index in [1.165, 1.54) is 0 Å². The second kappa shape index (κ2) is 9.51. The molecule has 1 atom stereocenters. The molecule has 0 aromatic heterocycles. The number of hydrogen-bond donors (Lipinski definition) is 2. The molecule has 3 aliphatic heterocycles. The number of benzene rings is 1. The first-order chi connectivity index (χ1) is 15.3. The number of esters is 1. The number of nitrogens with zero attached hydrogens (tertiary/aromatic N) is 1. The van der Waals surface area contributed by atoms with Crippen molar-refractivity contribution >= 4 is 24.5 Å². The number of rotatable bonds is 7. The summed E-state index contributed by atoms with van der Waals surface area (Å²) >= 11 is 0. The maximum Gasteiger partial charge on any atom is 0.492 e. The average molecular weight is 444 g/mol. The van der Waals surface area contributed by atoms with E-state index in [2.05, 4.69) is 10.2 Å². The van der Waals surface area contributed by atoms with Gasteiger partial charge in [-0.3, -0.25) is 9.69 Å². The molecule has 0 radical (unpaired) electrons. The number of carbonyl (C=O) groups excluding carboxylic acids is 2. The van der Waals surface area contributed by atoms with Crippen molar-refractivity contribution in [2.45, 2.75) is 46.3 Å². The van der Waals surface area contributed by atoms with Crippen LogP contribution in [-0.2, 0) is 25.5 Å². The molecule has 0 aliphatic carbocycles. The predicted molar refractivity (Wildman–Crippen MR) is 120 cm³/mol. The fourth-order valence-electron chi connectivity index (χ4n) is 4.76. The molecular formula is C23H33BN2O6. The Labute approximate surface area is 189 Å². The van der Waals surface area contributed by atoms with Crippen LogP contribution >= 0.6 is 0 Å². The van der Waals surface area contributed by atoms with Gasteiger partial charge in [0.15, 0.2) is 0 Å². The highest BCUT2D eigenvalue weighted by Gasteiger charge is 2.41. The number of carbonyl (C=O) groups is 2. The molecule has 1 aromatic rings. The Bertz CT molecular complexity index is 862. The summed E-state index contributed by atoms with van der Waals surface area (Å²) in [6.45, 7) is 10.6. The minimum absolute atomic E-state index is 0.122. The smallest absolute Gasteiger partial charge is 0.463 e. The third-order valence-corrected chi connectivity index (χ3v) is 7.09. The lowest BCUT2D eigenvalue weighted by atomic mass is 9.75. The molecule has 9 heteroatoms. The Morgan fingerprint density at radius 3 is 2.62 bits per heavy atom. The SMILES string of the molecule is Cc1c(C(=O)NC(C(=O)OCCN2CCC3(CC2)COC3)C(C)C)ccc2c1B(O)OC2. The fraction of sp³-hybridized carbons (Fsp3) is 0.652. The van der Waals surface area contributed by atoms with Crippen molar-refractivity contribution < 1.29 is 28.7 Å². The zero-order valence-corrected chi connectivity index (χ0v) is 19.2. The summed E-state index contributed by atoms with van der Waals surface area (Å²) in [5.41, 5.74) is 2.99. The summed E-state index contributed by atoms with van der Waals surface area (Å²) in [5.74, 6) is -0.899. The van der Waals surface area contributed by atoms with E-state index in [4.69, 9.17) is 14.1 Å². The van der Waals surface area contributed by atoms with Crippen LogP contribution in [0.1, 0.15) is 48.2 Å². The molecule has 1 spiro atoms. The third kappa shape index (κ3) is 4.71. The van der Waals surface area contributed by atoms with Gasteiger partial charge in [0, 0.05) is 17.5 Å². The minimum atomic E-state index is -1.02. The van der Waals surface area contributed by atoms with Gasteiger partial charge in [-0.25, -0.2) is 4.79 Å². The first kappa shape index (κ1) is 23.2. The Balaban J connectivity index is 1.30. The van der Waals surface area contributed by atoms with Crippen molar-refractivity contribution in [3.63, 3.8) is 0 Å². The van der Waals surface area contributed by atoms with Gasteiger partial charge in [-0.15, -0.1) is 0 Å². The van der Waals surface area contributed by atoms with Gasteiger partial charge in [-0.2, -0.15) is 0 Å². The summed E-state index contributed by atoms with van der Waals surface area (Å²) in [6, 6.07) is 2.76. The van der Waals surface area contributed by atoms with Gasteiger partial charge in [0.25, 0.3) is 5.91 Å². The van der Waals surface area contributed by atoms with Crippen LogP contribution in [0.3, 0.4) is 0 Å². The van der Waals surface area contributed by atoms with Gasteiger partial charge in [-0.1, -0.05) is 19.9 Å². The number of ether oxygens (including phenoxy) is 2. The summed E-state index contributed by atoms with van der Waals surface area (Å²) in [6.07, 6.45) is 2.26. The molecule has 3 heterocycles. The van der Waals surface area contributed by atoms with Crippen LogP contribution in [-0.4, -0.2) is 74.4 Å². The van der Waals surface area contributed by atoms with E-state index >= 15 is 0 Å². The van der Waals surface area contributed by atoms with E-state index in [-0.39, 0.29) is 11.8 Å². The lowest BCUT2D eigenvalue weighted by Crippen LogP contribution is -2.51. The second-order valence-electron chi connectivity index (χ2n) is 9.67. The van der Waals surface area contributed by atoms with E-state index < -0.39 is 19.1 Å². The standard InChI is InChI=1S/C23H33BN2O6/c1-15(2)20(22(28)31-11-10-26-8-6-23(7-9-26)13-30-14-23)25-21(27)18-5-4-17-12-32-24(29)19(17)16(18)3/h4-5,15,20,29H,6-14H2,1-3H3,(H,25,27). The summed E-state index contributed by atoms with van der Waals surface area (Å²) in [4.78, 5) is 28.0. The van der Waals surface area contributed by atoms with Crippen molar-refractivity contribution in [3.8, 4) is 0 Å². The third-order valence-electron chi connectivity index (χ3n) is 7.09. The van der Waals surface area contributed by atoms with E-state index in [9.17, 15) is 14.6 Å². The highest BCUT2D eigenvalue weighted by atomic mass is 16.5. The van der Waals surface area contributed by atoms with Crippen LogP contribution in [0.2, 0.25) is 0 Å². The predicted octanol–water partition coefficient (Wildman–Crippen LogP) is 0.623. The topological polar surface area (TPSA) is 97.3 Å². The maximum atomic E-state index is 12.9. The van der Waals surface area contributed by atoms with E-state index in [1.807, 2.05) is 13.8 Å². The van der Waals surface area contributed by atoms with Crippen LogP contribution < -0.4 is 10.8 Å². The van der Waals surface area contributed by atoms with Crippen LogP contribution in [0.15, 0.2) is 12.1 Å². The first-order valence-electron chi connectivity index (χ1n) is 11.5. The molecule has 174 valence electrons. The summed E-state index contributed by atoms with van der Waals surface area (Å²) in [7, 11) is -1.02. The molecule has 8 nitrogen and oxygen atoms in total. The van der Waals surface area contributed by atoms with Crippen LogP contribution in [0.25, 0.3) is 0 Å². The Morgan fingerprint density at radius 2 is 2.00 bits per heavy atom. The number of fused-ring (bicyclic) bond motifs is 1. The molecule has 32 heavy (non-hydrogen) atoms. The molecule has 2 fully saturated rings. The molecule has 2 N–H and O–H groups in total. The van der Waals surface area contributed by atoms with Crippen LogP contribution in [0, 0.1) is 18.3 Å². The summed E-state index contributed by atoms with van der Waals surface area (Å²) < 4.78 is 16.2. The van der Waals surface area contributed by atoms with Gasteiger partial charge >= 0.3 is 13.1 Å². The number of nitrogens with one attached hydrogen (secondary N) is 1. The van der Waals surface area contributed by atoms with Gasteiger partial charge in [0.05, 0.1) is 19.8 Å². The van der Waals surface area contributed by atoms with Crippen molar-refractivity contribution in [2.75, 3.05) is 39.5 Å². The number of hydrogen-bond acceptors (Lipinski definition) is 7. The van der Waals surface area contributed by atoms with E-state index in [1.54, 1.807) is 19.1 Å². The zero-order chi connectivity index (χ0) is 22.9. The van der Waals surface area contributed by atoms with Gasteiger partial charge in [-0.05, 0) is 61.4 Å². The number of piperidine rings is 1. The Morgan fingerprint density at radius 1 is 1.28 bits per heavy atom. The van der Waals surface area contributed by atoms with Gasteiger partial charge in [0.1, 0.15) is 12.6 Å².